The number of hydrogen-bond donors (Lipinski definition) is 2. The van der Waals surface area contributed by atoms with E-state index in [1.54, 1.807) is 18.2 Å². The number of para-hydroxylation sites is 1. The molecule has 1 aromatic carbocycles. The molecule has 88 valence electrons. The molecule has 0 fully saturated rings. The second-order valence-electron chi connectivity index (χ2n) is 3.63. The van der Waals surface area contributed by atoms with Crippen LogP contribution in [0.15, 0.2) is 24.3 Å². The number of carbonyl (C=O) groups excluding carboxylic acids is 1. The van der Waals surface area contributed by atoms with Crippen LogP contribution in [-0.4, -0.2) is 12.5 Å². The van der Waals surface area contributed by atoms with Crippen LogP contribution in [0.5, 0.6) is 0 Å². The van der Waals surface area contributed by atoms with Crippen molar-refractivity contribution >= 4 is 11.6 Å². The highest BCUT2D eigenvalue weighted by molar-refractivity contribution is 5.90. The van der Waals surface area contributed by atoms with Gasteiger partial charge < -0.3 is 11.1 Å². The largest absolute Gasteiger partial charge is 0.330 e. The number of nitrogens with two attached hydrogens (primary N) is 1. The first kappa shape index (κ1) is 12.6. The van der Waals surface area contributed by atoms with Crippen molar-refractivity contribution in [3.05, 3.63) is 30.1 Å². The van der Waals surface area contributed by atoms with Gasteiger partial charge in [0.05, 0.1) is 5.69 Å². The second-order valence-corrected chi connectivity index (χ2v) is 3.63. The summed E-state index contributed by atoms with van der Waals surface area (Å²) in [6, 6.07) is 6.15. The molecule has 0 aliphatic carbocycles. The molecule has 0 unspecified atom stereocenters. The van der Waals surface area contributed by atoms with Crippen molar-refractivity contribution in [3.8, 4) is 0 Å². The predicted molar refractivity (Wildman–Crippen MR) is 62.6 cm³/mol. The van der Waals surface area contributed by atoms with Crippen molar-refractivity contribution in [2.24, 2.45) is 5.73 Å². The van der Waals surface area contributed by atoms with Crippen molar-refractivity contribution in [2.45, 2.75) is 25.7 Å². The molecule has 0 aliphatic heterocycles. The summed E-state index contributed by atoms with van der Waals surface area (Å²) in [6.45, 7) is 0.648. The van der Waals surface area contributed by atoms with Crippen molar-refractivity contribution in [3.63, 3.8) is 0 Å². The molecule has 0 aromatic heterocycles. The van der Waals surface area contributed by atoms with Crippen LogP contribution in [-0.2, 0) is 4.79 Å². The summed E-state index contributed by atoms with van der Waals surface area (Å²) in [4.78, 5) is 11.4. The van der Waals surface area contributed by atoms with E-state index in [4.69, 9.17) is 5.73 Å². The van der Waals surface area contributed by atoms with Crippen molar-refractivity contribution < 1.29 is 9.18 Å². The maximum Gasteiger partial charge on any atom is 0.224 e. The Hall–Kier alpha value is -1.42. The Bertz CT molecular complexity index is 342. The molecule has 0 radical (unpaired) electrons. The van der Waals surface area contributed by atoms with E-state index in [1.165, 1.54) is 6.07 Å². The minimum Gasteiger partial charge on any atom is -0.330 e. The standard InChI is InChI=1S/C12H17FN2O/c13-10-6-3-4-7-11(10)15-12(16)8-2-1-5-9-14/h3-4,6-7H,1-2,5,8-9,14H2,(H,15,16). The first-order valence-corrected chi connectivity index (χ1v) is 5.48. The second kappa shape index (κ2) is 6.95. The van der Waals surface area contributed by atoms with E-state index in [-0.39, 0.29) is 11.6 Å². The summed E-state index contributed by atoms with van der Waals surface area (Å²) < 4.78 is 13.2. The number of amides is 1. The molecule has 0 saturated heterocycles. The van der Waals surface area contributed by atoms with Crippen LogP contribution in [0.1, 0.15) is 25.7 Å². The Labute approximate surface area is 94.8 Å². The smallest absolute Gasteiger partial charge is 0.224 e. The summed E-state index contributed by atoms with van der Waals surface area (Å²) in [5, 5.41) is 2.54. The Morgan fingerprint density at radius 3 is 2.69 bits per heavy atom. The van der Waals surface area contributed by atoms with Gasteiger partial charge in [0.15, 0.2) is 0 Å². The minimum absolute atomic E-state index is 0.151. The van der Waals surface area contributed by atoms with Gasteiger partial charge in [-0.2, -0.15) is 0 Å². The average molecular weight is 224 g/mol. The molecule has 1 amide bonds. The van der Waals surface area contributed by atoms with Crippen LogP contribution in [0.3, 0.4) is 0 Å². The van der Waals surface area contributed by atoms with Crippen molar-refractivity contribution in [2.75, 3.05) is 11.9 Å². The minimum atomic E-state index is -0.405. The van der Waals surface area contributed by atoms with Crippen LogP contribution >= 0.6 is 0 Å². The number of rotatable bonds is 6. The zero-order chi connectivity index (χ0) is 11.8. The van der Waals surface area contributed by atoms with Gasteiger partial charge in [0, 0.05) is 6.42 Å². The third-order valence-corrected chi connectivity index (χ3v) is 2.26. The normalized spacial score (nSPS) is 10.1. The molecular formula is C12H17FN2O. The van der Waals surface area contributed by atoms with Gasteiger partial charge in [-0.15, -0.1) is 0 Å². The van der Waals surface area contributed by atoms with E-state index in [0.717, 1.165) is 19.3 Å². The molecule has 1 aromatic rings. The fraction of sp³-hybridized carbons (Fsp3) is 0.417. The zero-order valence-electron chi connectivity index (χ0n) is 9.21. The van der Waals surface area contributed by atoms with Gasteiger partial charge in [-0.25, -0.2) is 4.39 Å². The molecule has 16 heavy (non-hydrogen) atoms. The van der Waals surface area contributed by atoms with E-state index in [0.29, 0.717) is 13.0 Å². The first-order chi connectivity index (χ1) is 7.74. The number of nitrogens with one attached hydrogen (secondary N) is 1. The molecule has 0 spiro atoms. The highest BCUT2D eigenvalue weighted by atomic mass is 19.1. The van der Waals surface area contributed by atoms with E-state index in [2.05, 4.69) is 5.32 Å². The van der Waals surface area contributed by atoms with Gasteiger partial charge in [0.1, 0.15) is 5.82 Å². The quantitative estimate of drug-likeness (QED) is 0.728. The molecule has 4 heteroatoms. The van der Waals surface area contributed by atoms with Gasteiger partial charge in [0.25, 0.3) is 0 Å². The number of benzene rings is 1. The third-order valence-electron chi connectivity index (χ3n) is 2.26. The fourth-order valence-corrected chi connectivity index (χ4v) is 1.38. The Balaban J connectivity index is 2.32. The molecule has 0 aliphatic rings. The Morgan fingerprint density at radius 2 is 2.00 bits per heavy atom. The number of anilines is 1. The van der Waals surface area contributed by atoms with Crippen LogP contribution in [0.4, 0.5) is 10.1 Å². The number of unbranched alkanes of at least 4 members (excludes halogenated alkanes) is 2. The van der Waals surface area contributed by atoms with Crippen LogP contribution in [0, 0.1) is 5.82 Å². The van der Waals surface area contributed by atoms with Crippen molar-refractivity contribution in [1.29, 1.82) is 0 Å². The van der Waals surface area contributed by atoms with Crippen LogP contribution in [0.2, 0.25) is 0 Å². The summed E-state index contributed by atoms with van der Waals surface area (Å²) in [5.41, 5.74) is 5.58. The van der Waals surface area contributed by atoms with E-state index in [9.17, 15) is 9.18 Å². The Kier molecular flexibility index (Phi) is 5.50. The van der Waals surface area contributed by atoms with E-state index < -0.39 is 5.82 Å². The van der Waals surface area contributed by atoms with Crippen molar-refractivity contribution in [1.82, 2.24) is 0 Å². The molecule has 0 atom stereocenters. The zero-order valence-corrected chi connectivity index (χ0v) is 9.21. The van der Waals surface area contributed by atoms with Gasteiger partial charge in [0.2, 0.25) is 5.91 Å². The maximum absolute atomic E-state index is 13.2. The summed E-state index contributed by atoms with van der Waals surface area (Å²) in [7, 11) is 0. The van der Waals surface area contributed by atoms with Gasteiger partial charge in [-0.05, 0) is 31.5 Å². The summed E-state index contributed by atoms with van der Waals surface area (Å²) in [6.07, 6.45) is 3.06. The SMILES string of the molecule is NCCCCCC(=O)Nc1ccccc1F. The number of hydrogen-bond acceptors (Lipinski definition) is 2. The molecule has 0 saturated carbocycles. The Morgan fingerprint density at radius 1 is 1.25 bits per heavy atom. The molecule has 3 nitrogen and oxygen atoms in total. The molecule has 0 heterocycles. The molecule has 3 N–H and O–H groups in total. The van der Waals surface area contributed by atoms with Crippen LogP contribution < -0.4 is 11.1 Å². The molecule has 0 bridgehead atoms. The monoisotopic (exact) mass is 224 g/mol. The predicted octanol–water partition coefficient (Wildman–Crippen LogP) is 2.28. The van der Waals surface area contributed by atoms with Gasteiger partial charge in [-0.1, -0.05) is 18.6 Å². The lowest BCUT2D eigenvalue weighted by atomic mass is 10.2. The number of halogens is 1. The summed E-state index contributed by atoms with van der Waals surface area (Å²) >= 11 is 0. The maximum atomic E-state index is 13.2. The van der Waals surface area contributed by atoms with Gasteiger partial charge in [-0.3, -0.25) is 4.79 Å². The van der Waals surface area contributed by atoms with Gasteiger partial charge >= 0.3 is 0 Å². The third kappa shape index (κ3) is 4.40. The van der Waals surface area contributed by atoms with E-state index in [1.807, 2.05) is 0 Å². The highest BCUT2D eigenvalue weighted by Gasteiger charge is 2.05. The average Bonchev–Trinajstić information content (AvgIpc) is 2.28. The molecule has 1 rings (SSSR count). The lowest BCUT2D eigenvalue weighted by Gasteiger charge is -2.05. The lowest BCUT2D eigenvalue weighted by molar-refractivity contribution is -0.116. The number of carbonyl (C=O) groups is 1. The van der Waals surface area contributed by atoms with Crippen LogP contribution in [0.25, 0.3) is 0 Å². The first-order valence-electron chi connectivity index (χ1n) is 5.48. The fourth-order valence-electron chi connectivity index (χ4n) is 1.38. The lowest BCUT2D eigenvalue weighted by Crippen LogP contribution is -2.12. The topological polar surface area (TPSA) is 55.1 Å². The summed E-state index contributed by atoms with van der Waals surface area (Å²) in [5.74, 6) is -0.556. The van der Waals surface area contributed by atoms with E-state index >= 15 is 0 Å². The highest BCUT2D eigenvalue weighted by Crippen LogP contribution is 2.13. The molecular weight excluding hydrogens is 207 g/mol.